The molecule has 0 saturated heterocycles. The van der Waals surface area contributed by atoms with Crippen molar-refractivity contribution < 1.29 is 0 Å². The molecular weight excluding hydrogens is 400 g/mol. The van der Waals surface area contributed by atoms with E-state index in [0.717, 1.165) is 26.1 Å². The van der Waals surface area contributed by atoms with Crippen LogP contribution in [0, 0.1) is 0 Å². The standard InChI is InChI=1S/C19H18N2OTe/c1-21(2)16-9-5-14(6-10-16)19-12-17(22)11-18(23-19)13-3-7-15(20)8-4-13/h3-12H,20H2,1-2H3. The van der Waals surface area contributed by atoms with Gasteiger partial charge in [-0.15, -0.1) is 0 Å². The predicted octanol–water partition coefficient (Wildman–Crippen LogP) is 3.09. The summed E-state index contributed by atoms with van der Waals surface area (Å²) in [5.41, 5.74) is 9.97. The van der Waals surface area contributed by atoms with Crippen molar-refractivity contribution >= 4 is 31.8 Å². The van der Waals surface area contributed by atoms with Crippen molar-refractivity contribution in [3.63, 3.8) is 0 Å². The number of hydrogen-bond donors (Lipinski definition) is 1. The number of rotatable bonds is 3. The molecule has 3 aromatic rings. The molecule has 1 heterocycles. The summed E-state index contributed by atoms with van der Waals surface area (Å²) in [7, 11) is 4.04. The van der Waals surface area contributed by atoms with Crippen molar-refractivity contribution in [2.24, 2.45) is 0 Å². The van der Waals surface area contributed by atoms with Crippen LogP contribution in [0.1, 0.15) is 0 Å². The Bertz CT molecular complexity index is 865. The van der Waals surface area contributed by atoms with Crippen LogP contribution in [0.4, 0.5) is 11.4 Å². The van der Waals surface area contributed by atoms with Crippen LogP contribution in [0.15, 0.2) is 65.5 Å². The zero-order valence-electron chi connectivity index (χ0n) is 13.1. The SMILES string of the molecule is CN(C)c1ccc(-c2cc(=O)cc(-c3ccc(N)cc3)[te]2)cc1. The quantitative estimate of drug-likeness (QED) is 0.526. The minimum absolute atomic E-state index is 0.0693. The van der Waals surface area contributed by atoms with Crippen LogP contribution in [-0.2, 0) is 0 Å². The Kier molecular flexibility index (Phi) is 4.56. The fraction of sp³-hybridized carbons (Fsp3) is 0.105. The third-order valence-electron chi connectivity index (χ3n) is 3.63. The van der Waals surface area contributed by atoms with Gasteiger partial charge < -0.3 is 0 Å². The Morgan fingerprint density at radius 2 is 1.30 bits per heavy atom. The molecule has 3 nitrogen and oxygen atoms in total. The van der Waals surface area contributed by atoms with Gasteiger partial charge in [0, 0.05) is 0 Å². The summed E-state index contributed by atoms with van der Waals surface area (Å²) in [6.45, 7) is 0. The molecule has 0 aliphatic heterocycles. The van der Waals surface area contributed by atoms with Crippen LogP contribution >= 0.6 is 0 Å². The molecule has 116 valence electrons. The van der Waals surface area contributed by atoms with Crippen molar-refractivity contribution in [3.05, 3.63) is 70.9 Å². The normalized spacial score (nSPS) is 10.5. The summed E-state index contributed by atoms with van der Waals surface area (Å²) >= 11 is -0.597. The van der Waals surface area contributed by atoms with Crippen LogP contribution in [0.25, 0.3) is 18.3 Å². The maximum atomic E-state index is 12.1. The Labute approximate surface area is 145 Å². The molecule has 0 bridgehead atoms. The van der Waals surface area contributed by atoms with E-state index in [1.807, 2.05) is 38.4 Å². The second-order valence-electron chi connectivity index (χ2n) is 5.58. The second-order valence-corrected chi connectivity index (χ2v) is 8.68. The monoisotopic (exact) mass is 420 g/mol. The summed E-state index contributed by atoms with van der Waals surface area (Å²) in [4.78, 5) is 14.2. The number of benzene rings is 2. The van der Waals surface area contributed by atoms with E-state index in [4.69, 9.17) is 5.73 Å². The summed E-state index contributed by atoms with van der Waals surface area (Å²) in [5.74, 6) is 0. The van der Waals surface area contributed by atoms with Gasteiger partial charge in [0.1, 0.15) is 0 Å². The summed E-state index contributed by atoms with van der Waals surface area (Å²) in [6, 6.07) is 19.7. The molecule has 0 radical (unpaired) electrons. The van der Waals surface area contributed by atoms with Gasteiger partial charge in [0.2, 0.25) is 0 Å². The molecule has 4 heteroatoms. The van der Waals surface area contributed by atoms with Gasteiger partial charge in [-0.2, -0.15) is 0 Å². The van der Waals surface area contributed by atoms with Crippen molar-refractivity contribution in [1.82, 2.24) is 0 Å². The first kappa shape index (κ1) is 15.9. The molecule has 0 aliphatic carbocycles. The molecule has 0 amide bonds. The van der Waals surface area contributed by atoms with E-state index in [0.29, 0.717) is 0 Å². The van der Waals surface area contributed by atoms with E-state index in [1.165, 1.54) is 3.58 Å². The molecule has 23 heavy (non-hydrogen) atoms. The fourth-order valence-corrected chi connectivity index (χ4v) is 5.46. The first-order valence-corrected chi connectivity index (χ1v) is 9.65. The van der Waals surface area contributed by atoms with E-state index in [-0.39, 0.29) is 5.43 Å². The molecule has 2 aromatic carbocycles. The van der Waals surface area contributed by atoms with Gasteiger partial charge in [-0.05, 0) is 0 Å². The van der Waals surface area contributed by atoms with Crippen LogP contribution in [0.2, 0.25) is 0 Å². The van der Waals surface area contributed by atoms with Crippen LogP contribution in [-0.4, -0.2) is 34.5 Å². The molecule has 0 unspecified atom stereocenters. The van der Waals surface area contributed by atoms with Gasteiger partial charge in [0.25, 0.3) is 0 Å². The Morgan fingerprint density at radius 1 is 0.826 bits per heavy atom. The third kappa shape index (κ3) is 3.66. The number of hydrogen-bond acceptors (Lipinski definition) is 3. The predicted molar refractivity (Wildman–Crippen MR) is 99.3 cm³/mol. The molecule has 2 N–H and O–H groups in total. The average Bonchev–Trinajstić information content (AvgIpc) is 2.55. The summed E-state index contributed by atoms with van der Waals surface area (Å²) in [5, 5.41) is 0. The van der Waals surface area contributed by atoms with Crippen LogP contribution in [0.3, 0.4) is 0 Å². The molecule has 3 rings (SSSR count). The van der Waals surface area contributed by atoms with E-state index in [1.54, 1.807) is 12.1 Å². The Hall–Kier alpha value is -2.02. The van der Waals surface area contributed by atoms with Gasteiger partial charge in [0.05, 0.1) is 0 Å². The molecule has 0 aliphatic rings. The molecule has 0 atom stereocenters. The zero-order valence-corrected chi connectivity index (χ0v) is 15.4. The number of nitrogens with zero attached hydrogens (tertiary/aromatic N) is 1. The van der Waals surface area contributed by atoms with E-state index in [2.05, 4.69) is 29.2 Å². The molecule has 0 fully saturated rings. The zero-order chi connectivity index (χ0) is 16.4. The molecule has 0 spiro atoms. The number of nitrogens with two attached hydrogens (primary N) is 1. The van der Waals surface area contributed by atoms with E-state index >= 15 is 0 Å². The summed E-state index contributed by atoms with van der Waals surface area (Å²) in [6.07, 6.45) is 0. The molecule has 0 saturated carbocycles. The van der Waals surface area contributed by atoms with Gasteiger partial charge >= 0.3 is 146 Å². The van der Waals surface area contributed by atoms with Crippen molar-refractivity contribution in [2.75, 3.05) is 24.7 Å². The topological polar surface area (TPSA) is 46.3 Å². The third-order valence-corrected chi connectivity index (χ3v) is 6.90. The van der Waals surface area contributed by atoms with Gasteiger partial charge in [-0.25, -0.2) is 0 Å². The minimum atomic E-state index is -0.597. The average molecular weight is 418 g/mol. The van der Waals surface area contributed by atoms with E-state index in [9.17, 15) is 4.79 Å². The van der Waals surface area contributed by atoms with E-state index < -0.39 is 20.4 Å². The maximum absolute atomic E-state index is 12.1. The van der Waals surface area contributed by atoms with Crippen molar-refractivity contribution in [3.8, 4) is 18.3 Å². The number of nitrogen functional groups attached to an aromatic ring is 1. The first-order valence-electron chi connectivity index (χ1n) is 7.32. The Morgan fingerprint density at radius 3 is 1.78 bits per heavy atom. The van der Waals surface area contributed by atoms with Crippen LogP contribution < -0.4 is 16.1 Å². The fourth-order valence-electron chi connectivity index (χ4n) is 2.33. The molecule has 1 aromatic heterocycles. The first-order chi connectivity index (χ1) is 11.0. The number of anilines is 2. The van der Waals surface area contributed by atoms with Crippen molar-refractivity contribution in [1.29, 1.82) is 0 Å². The van der Waals surface area contributed by atoms with Crippen molar-refractivity contribution in [2.45, 2.75) is 0 Å². The summed E-state index contributed by atoms with van der Waals surface area (Å²) < 4.78 is 2.34. The Balaban J connectivity index is 2.03. The van der Waals surface area contributed by atoms with Crippen LogP contribution in [0.5, 0.6) is 0 Å². The van der Waals surface area contributed by atoms with Gasteiger partial charge in [-0.3, -0.25) is 0 Å². The molecular formula is C19H18N2OTe. The second kappa shape index (κ2) is 6.62. The van der Waals surface area contributed by atoms with Gasteiger partial charge in [-0.1, -0.05) is 0 Å². The van der Waals surface area contributed by atoms with Gasteiger partial charge in [0.15, 0.2) is 0 Å².